The molecule has 1 atom stereocenters. The number of rotatable bonds is 6. The molecule has 0 amide bonds. The normalized spacial score (nSPS) is 22.2. The standard InChI is InChI=1S/C11H16Cl2N2O3S2.ClH/c1-18-7-11(3-2-4-14-11)6-15-20(16,17)8-5-9(12)19-10(8)13;/h5,14-15H,2-4,6-7H2,1H3;1H. The van der Waals surface area contributed by atoms with Crippen molar-refractivity contribution in [3.63, 3.8) is 0 Å². The summed E-state index contributed by atoms with van der Waals surface area (Å²) in [4.78, 5) is 0.0275. The maximum absolute atomic E-state index is 12.3. The molecule has 0 bridgehead atoms. The Morgan fingerprint density at radius 1 is 1.52 bits per heavy atom. The van der Waals surface area contributed by atoms with Crippen molar-refractivity contribution in [2.45, 2.75) is 23.3 Å². The highest BCUT2D eigenvalue weighted by Crippen LogP contribution is 2.34. The Kier molecular flexibility index (Phi) is 7.21. The SMILES string of the molecule is COCC1(CNS(=O)(=O)c2cc(Cl)sc2Cl)CCCN1.Cl. The molecule has 1 aliphatic rings. The summed E-state index contributed by atoms with van der Waals surface area (Å²) in [6, 6.07) is 1.36. The Labute approximate surface area is 144 Å². The number of halogens is 3. The van der Waals surface area contributed by atoms with Crippen molar-refractivity contribution in [1.82, 2.24) is 10.0 Å². The molecule has 0 spiro atoms. The Balaban J connectivity index is 0.00000220. The van der Waals surface area contributed by atoms with Crippen molar-refractivity contribution in [2.24, 2.45) is 0 Å². The minimum absolute atomic E-state index is 0. The van der Waals surface area contributed by atoms with Crippen LogP contribution in [0.1, 0.15) is 12.8 Å². The van der Waals surface area contributed by atoms with Crippen molar-refractivity contribution < 1.29 is 13.2 Å². The molecule has 10 heteroatoms. The van der Waals surface area contributed by atoms with Gasteiger partial charge in [-0.25, -0.2) is 13.1 Å². The second-order valence-corrected chi connectivity index (χ2v) is 8.78. The van der Waals surface area contributed by atoms with Crippen LogP contribution in [0.5, 0.6) is 0 Å². The average Bonchev–Trinajstić information content (AvgIpc) is 2.95. The predicted molar refractivity (Wildman–Crippen MR) is 88.6 cm³/mol. The van der Waals surface area contributed by atoms with Crippen LogP contribution in [0, 0.1) is 0 Å². The third-order valence-corrected chi connectivity index (χ3v) is 6.42. The van der Waals surface area contributed by atoms with E-state index in [9.17, 15) is 8.42 Å². The van der Waals surface area contributed by atoms with E-state index in [1.807, 2.05) is 0 Å². The zero-order valence-electron chi connectivity index (χ0n) is 11.3. The topological polar surface area (TPSA) is 67.4 Å². The zero-order valence-corrected chi connectivity index (χ0v) is 15.3. The highest BCUT2D eigenvalue weighted by Gasteiger charge is 2.35. The minimum atomic E-state index is -3.67. The van der Waals surface area contributed by atoms with Gasteiger partial charge in [0.2, 0.25) is 10.0 Å². The molecule has 2 heterocycles. The Morgan fingerprint density at radius 3 is 2.71 bits per heavy atom. The summed E-state index contributed by atoms with van der Waals surface area (Å²) in [6.45, 7) is 1.57. The first-order valence-electron chi connectivity index (χ1n) is 6.07. The van der Waals surface area contributed by atoms with Gasteiger partial charge >= 0.3 is 0 Å². The monoisotopic (exact) mass is 394 g/mol. The molecule has 0 radical (unpaired) electrons. The Morgan fingerprint density at radius 2 is 2.24 bits per heavy atom. The number of nitrogens with one attached hydrogen (secondary N) is 2. The lowest BCUT2D eigenvalue weighted by Gasteiger charge is -2.28. The second kappa shape index (κ2) is 7.79. The van der Waals surface area contributed by atoms with Crippen molar-refractivity contribution in [1.29, 1.82) is 0 Å². The lowest BCUT2D eigenvalue weighted by Crippen LogP contribution is -2.52. The molecule has 0 aliphatic carbocycles. The first-order valence-corrected chi connectivity index (χ1v) is 9.13. The fourth-order valence-corrected chi connectivity index (χ4v) is 5.56. The molecule has 1 aromatic rings. The quantitative estimate of drug-likeness (QED) is 0.776. The van der Waals surface area contributed by atoms with Gasteiger partial charge < -0.3 is 10.1 Å². The van der Waals surface area contributed by atoms with Gasteiger partial charge in [-0.05, 0) is 25.5 Å². The summed E-state index contributed by atoms with van der Waals surface area (Å²) < 4.78 is 32.8. The first-order chi connectivity index (χ1) is 9.38. The van der Waals surface area contributed by atoms with Gasteiger partial charge in [0, 0.05) is 13.7 Å². The number of thiophene rings is 1. The molecule has 5 nitrogen and oxygen atoms in total. The summed E-state index contributed by atoms with van der Waals surface area (Å²) in [5.41, 5.74) is -0.353. The van der Waals surface area contributed by atoms with E-state index in [-0.39, 0.29) is 33.7 Å². The molecular formula is C11H17Cl3N2O3S2. The highest BCUT2D eigenvalue weighted by molar-refractivity contribution is 7.89. The van der Waals surface area contributed by atoms with Gasteiger partial charge in [-0.15, -0.1) is 23.7 Å². The molecule has 1 saturated heterocycles. The largest absolute Gasteiger partial charge is 0.383 e. The van der Waals surface area contributed by atoms with E-state index >= 15 is 0 Å². The van der Waals surface area contributed by atoms with E-state index in [2.05, 4.69) is 10.0 Å². The van der Waals surface area contributed by atoms with Crippen LogP contribution in [0.15, 0.2) is 11.0 Å². The lowest BCUT2D eigenvalue weighted by molar-refractivity contribution is 0.122. The van der Waals surface area contributed by atoms with Gasteiger partial charge in [0.25, 0.3) is 0 Å². The van der Waals surface area contributed by atoms with E-state index < -0.39 is 10.0 Å². The van der Waals surface area contributed by atoms with E-state index in [4.69, 9.17) is 27.9 Å². The smallest absolute Gasteiger partial charge is 0.243 e. The van der Waals surface area contributed by atoms with Crippen LogP contribution in [0.2, 0.25) is 8.67 Å². The summed E-state index contributed by atoms with van der Waals surface area (Å²) in [5.74, 6) is 0. The number of hydrogen-bond donors (Lipinski definition) is 2. The van der Waals surface area contributed by atoms with Gasteiger partial charge in [-0.1, -0.05) is 23.2 Å². The van der Waals surface area contributed by atoms with Crippen LogP contribution >= 0.6 is 46.9 Å². The van der Waals surface area contributed by atoms with Crippen LogP contribution in [0.25, 0.3) is 0 Å². The van der Waals surface area contributed by atoms with E-state index in [0.29, 0.717) is 10.9 Å². The summed E-state index contributed by atoms with van der Waals surface area (Å²) in [7, 11) is -2.06. The van der Waals surface area contributed by atoms with Crippen LogP contribution in [-0.4, -0.2) is 40.8 Å². The molecule has 0 aromatic carbocycles. The van der Waals surface area contributed by atoms with Crippen molar-refractivity contribution >= 4 is 57.0 Å². The molecule has 1 aliphatic heterocycles. The highest BCUT2D eigenvalue weighted by atomic mass is 35.5. The van der Waals surface area contributed by atoms with Crippen LogP contribution in [0.3, 0.4) is 0 Å². The first kappa shape index (κ1) is 19.4. The van der Waals surface area contributed by atoms with Gasteiger partial charge in [-0.3, -0.25) is 0 Å². The van der Waals surface area contributed by atoms with Gasteiger partial charge in [0.05, 0.1) is 16.5 Å². The van der Waals surface area contributed by atoms with E-state index in [1.165, 1.54) is 6.07 Å². The fraction of sp³-hybridized carbons (Fsp3) is 0.636. The summed E-state index contributed by atoms with van der Waals surface area (Å²) in [5, 5.41) is 3.31. The van der Waals surface area contributed by atoms with Crippen LogP contribution < -0.4 is 10.0 Å². The fourth-order valence-electron chi connectivity index (χ4n) is 2.29. The summed E-state index contributed by atoms with van der Waals surface area (Å²) >= 11 is 12.7. The average molecular weight is 396 g/mol. The number of sulfonamides is 1. The van der Waals surface area contributed by atoms with Gasteiger partial charge in [0.1, 0.15) is 9.23 Å². The number of methoxy groups -OCH3 is 1. The van der Waals surface area contributed by atoms with Crippen molar-refractivity contribution in [3.05, 3.63) is 14.7 Å². The minimum Gasteiger partial charge on any atom is -0.383 e. The van der Waals surface area contributed by atoms with E-state index in [1.54, 1.807) is 7.11 Å². The summed E-state index contributed by atoms with van der Waals surface area (Å²) in [6.07, 6.45) is 1.86. The van der Waals surface area contributed by atoms with Crippen LogP contribution in [0.4, 0.5) is 0 Å². The molecule has 21 heavy (non-hydrogen) atoms. The maximum Gasteiger partial charge on any atom is 0.243 e. The molecule has 1 unspecified atom stereocenters. The number of hydrogen-bond acceptors (Lipinski definition) is 5. The third-order valence-electron chi connectivity index (χ3n) is 3.27. The second-order valence-electron chi connectivity index (χ2n) is 4.76. The maximum atomic E-state index is 12.3. The Bertz CT molecular complexity index is 571. The predicted octanol–water partition coefficient (Wildman–Crippen LogP) is 2.52. The van der Waals surface area contributed by atoms with Crippen LogP contribution in [-0.2, 0) is 14.8 Å². The Hall–Kier alpha value is 0.400. The lowest BCUT2D eigenvalue weighted by atomic mass is 9.99. The molecule has 1 fully saturated rings. The van der Waals surface area contributed by atoms with Crippen molar-refractivity contribution in [3.8, 4) is 0 Å². The third kappa shape index (κ3) is 4.68. The van der Waals surface area contributed by atoms with Gasteiger partial charge in [-0.2, -0.15) is 0 Å². The molecule has 2 N–H and O–H groups in total. The molecule has 2 rings (SSSR count). The molecule has 0 saturated carbocycles. The molecular weight excluding hydrogens is 379 g/mol. The number of ether oxygens (including phenoxy) is 1. The van der Waals surface area contributed by atoms with E-state index in [0.717, 1.165) is 30.7 Å². The van der Waals surface area contributed by atoms with Gasteiger partial charge in [0.15, 0.2) is 0 Å². The molecule has 1 aromatic heterocycles. The van der Waals surface area contributed by atoms with Crippen molar-refractivity contribution in [2.75, 3.05) is 26.8 Å². The zero-order chi connectivity index (χ0) is 14.8. The molecule has 122 valence electrons.